The largest absolute Gasteiger partial charge is 0.351 e. The number of rotatable bonds is 1. The third-order valence-electron chi connectivity index (χ3n) is 2.60. The van der Waals surface area contributed by atoms with E-state index in [1.807, 2.05) is 26.8 Å². The maximum atomic E-state index is 10.8. The fourth-order valence-corrected chi connectivity index (χ4v) is 1.60. The Morgan fingerprint density at radius 2 is 1.71 bits per heavy atom. The van der Waals surface area contributed by atoms with Crippen molar-refractivity contribution < 1.29 is 4.79 Å². The highest BCUT2D eigenvalue weighted by molar-refractivity contribution is 5.90. The predicted molar refractivity (Wildman–Crippen MR) is 58.6 cm³/mol. The van der Waals surface area contributed by atoms with E-state index in [0.29, 0.717) is 0 Å². The summed E-state index contributed by atoms with van der Waals surface area (Å²) in [5, 5.41) is 2.65. The van der Waals surface area contributed by atoms with Gasteiger partial charge in [-0.25, -0.2) is 4.79 Å². The number of hydrogen-bond acceptors (Lipinski definition) is 1. The van der Waals surface area contributed by atoms with Crippen molar-refractivity contribution in [1.82, 2.24) is 0 Å². The van der Waals surface area contributed by atoms with E-state index in [1.165, 1.54) is 11.1 Å². The molecule has 0 spiro atoms. The van der Waals surface area contributed by atoms with Crippen LogP contribution in [0.15, 0.2) is 6.07 Å². The van der Waals surface area contributed by atoms with E-state index in [2.05, 4.69) is 12.2 Å². The molecule has 3 N–H and O–H groups in total. The Morgan fingerprint density at radius 3 is 2.21 bits per heavy atom. The third-order valence-corrected chi connectivity index (χ3v) is 2.60. The summed E-state index contributed by atoms with van der Waals surface area (Å²) in [6.45, 7) is 8.05. The van der Waals surface area contributed by atoms with Crippen molar-refractivity contribution in [2.75, 3.05) is 5.32 Å². The van der Waals surface area contributed by atoms with Gasteiger partial charge in [0.25, 0.3) is 0 Å². The van der Waals surface area contributed by atoms with Gasteiger partial charge in [-0.1, -0.05) is 6.07 Å². The minimum Gasteiger partial charge on any atom is -0.351 e. The predicted octanol–water partition coefficient (Wildman–Crippen LogP) is 2.41. The molecule has 3 heteroatoms. The van der Waals surface area contributed by atoms with Crippen LogP contribution in [0, 0.1) is 27.7 Å². The van der Waals surface area contributed by atoms with Gasteiger partial charge in [-0.05, 0) is 49.9 Å². The normalized spacial score (nSPS) is 10.0. The second-order valence-corrected chi connectivity index (χ2v) is 3.62. The Hall–Kier alpha value is -1.51. The minimum absolute atomic E-state index is 0.514. The molecule has 0 radical (unpaired) electrons. The maximum absolute atomic E-state index is 10.8. The SMILES string of the molecule is Cc1cc(C)c(NC(N)=O)c(C)c1C. The molecule has 0 heterocycles. The molecule has 0 unspecified atom stereocenters. The summed E-state index contributed by atoms with van der Waals surface area (Å²) in [6.07, 6.45) is 0. The molecule has 0 aliphatic rings. The molecule has 1 rings (SSSR count). The van der Waals surface area contributed by atoms with Crippen molar-refractivity contribution in [3.05, 3.63) is 28.3 Å². The van der Waals surface area contributed by atoms with E-state index in [-0.39, 0.29) is 0 Å². The lowest BCUT2D eigenvalue weighted by Crippen LogP contribution is -2.21. The van der Waals surface area contributed by atoms with Crippen LogP contribution in [0.25, 0.3) is 0 Å². The molecule has 14 heavy (non-hydrogen) atoms. The number of carbonyl (C=O) groups excluding carboxylic acids is 1. The average Bonchev–Trinajstić information content (AvgIpc) is 2.09. The molecule has 1 aromatic carbocycles. The van der Waals surface area contributed by atoms with Gasteiger partial charge in [0.1, 0.15) is 0 Å². The van der Waals surface area contributed by atoms with Crippen LogP contribution in [0.2, 0.25) is 0 Å². The van der Waals surface area contributed by atoms with Crippen molar-refractivity contribution >= 4 is 11.7 Å². The molecular formula is C11H16N2O. The van der Waals surface area contributed by atoms with Crippen LogP contribution >= 0.6 is 0 Å². The number of primary amides is 1. The molecule has 3 nitrogen and oxygen atoms in total. The molecule has 0 saturated heterocycles. The van der Waals surface area contributed by atoms with E-state index in [9.17, 15) is 4.79 Å². The monoisotopic (exact) mass is 192 g/mol. The van der Waals surface area contributed by atoms with Crippen molar-refractivity contribution in [3.8, 4) is 0 Å². The molecule has 0 saturated carbocycles. The van der Waals surface area contributed by atoms with Gasteiger partial charge in [0.05, 0.1) is 0 Å². The van der Waals surface area contributed by atoms with Crippen LogP contribution in [0.5, 0.6) is 0 Å². The molecule has 2 amide bonds. The van der Waals surface area contributed by atoms with Crippen molar-refractivity contribution in [2.45, 2.75) is 27.7 Å². The lowest BCUT2D eigenvalue weighted by Gasteiger charge is -2.14. The number of nitrogens with two attached hydrogens (primary N) is 1. The first-order chi connectivity index (χ1) is 6.43. The number of urea groups is 1. The van der Waals surface area contributed by atoms with Crippen molar-refractivity contribution in [2.24, 2.45) is 5.73 Å². The lowest BCUT2D eigenvalue weighted by molar-refractivity contribution is 0.259. The number of hydrogen-bond donors (Lipinski definition) is 2. The summed E-state index contributed by atoms with van der Waals surface area (Å²) in [5.74, 6) is 0. The van der Waals surface area contributed by atoms with Gasteiger partial charge in [-0.2, -0.15) is 0 Å². The first-order valence-electron chi connectivity index (χ1n) is 4.57. The summed E-state index contributed by atoms with van der Waals surface area (Å²) >= 11 is 0. The summed E-state index contributed by atoms with van der Waals surface area (Å²) in [7, 11) is 0. The van der Waals surface area contributed by atoms with Gasteiger partial charge < -0.3 is 11.1 Å². The smallest absolute Gasteiger partial charge is 0.316 e. The van der Waals surface area contributed by atoms with E-state index >= 15 is 0 Å². The maximum Gasteiger partial charge on any atom is 0.316 e. The highest BCUT2D eigenvalue weighted by Crippen LogP contribution is 2.25. The van der Waals surface area contributed by atoms with Crippen molar-refractivity contribution in [1.29, 1.82) is 0 Å². The fraction of sp³-hybridized carbons (Fsp3) is 0.364. The Kier molecular flexibility index (Phi) is 2.79. The van der Waals surface area contributed by atoms with Gasteiger partial charge in [0.15, 0.2) is 0 Å². The summed E-state index contributed by atoms with van der Waals surface area (Å²) < 4.78 is 0. The summed E-state index contributed by atoms with van der Waals surface area (Å²) in [5.41, 5.74) is 10.5. The first-order valence-corrected chi connectivity index (χ1v) is 4.57. The van der Waals surface area contributed by atoms with Gasteiger partial charge in [-0.3, -0.25) is 0 Å². The van der Waals surface area contributed by atoms with E-state index < -0.39 is 6.03 Å². The molecule has 0 aliphatic carbocycles. The van der Waals surface area contributed by atoms with Crippen LogP contribution in [0.1, 0.15) is 22.3 Å². The number of nitrogens with one attached hydrogen (secondary N) is 1. The highest BCUT2D eigenvalue weighted by Gasteiger charge is 2.08. The third kappa shape index (κ3) is 1.87. The molecule has 0 bridgehead atoms. The van der Waals surface area contributed by atoms with E-state index in [4.69, 9.17) is 5.73 Å². The van der Waals surface area contributed by atoms with E-state index in [0.717, 1.165) is 16.8 Å². The highest BCUT2D eigenvalue weighted by atomic mass is 16.2. The Morgan fingerprint density at radius 1 is 1.14 bits per heavy atom. The zero-order valence-corrected chi connectivity index (χ0v) is 9.06. The molecule has 76 valence electrons. The van der Waals surface area contributed by atoms with Gasteiger partial charge in [0.2, 0.25) is 0 Å². The molecule has 0 atom stereocenters. The second-order valence-electron chi connectivity index (χ2n) is 3.62. The van der Waals surface area contributed by atoms with Crippen LogP contribution < -0.4 is 11.1 Å². The van der Waals surface area contributed by atoms with Crippen LogP contribution in [-0.2, 0) is 0 Å². The quantitative estimate of drug-likeness (QED) is 0.705. The number of aryl methyl sites for hydroxylation is 2. The fourth-order valence-electron chi connectivity index (χ4n) is 1.60. The Labute approximate surface area is 84.3 Å². The standard InChI is InChI=1S/C11H16N2O/c1-6-5-7(2)10(13-11(12)14)9(4)8(6)3/h5H,1-4H3,(H3,12,13,14). The zero-order chi connectivity index (χ0) is 10.9. The van der Waals surface area contributed by atoms with E-state index in [1.54, 1.807) is 0 Å². The van der Waals surface area contributed by atoms with Gasteiger partial charge >= 0.3 is 6.03 Å². The zero-order valence-electron chi connectivity index (χ0n) is 9.06. The molecular weight excluding hydrogens is 176 g/mol. The number of carbonyl (C=O) groups is 1. The Balaban J connectivity index is 3.29. The molecule has 0 fully saturated rings. The number of amides is 2. The van der Waals surface area contributed by atoms with Crippen LogP contribution in [0.3, 0.4) is 0 Å². The summed E-state index contributed by atoms with van der Waals surface area (Å²) in [4.78, 5) is 10.8. The van der Waals surface area contributed by atoms with Gasteiger partial charge in [0, 0.05) is 5.69 Å². The topological polar surface area (TPSA) is 55.1 Å². The minimum atomic E-state index is -0.514. The molecule has 0 aliphatic heterocycles. The Bertz CT molecular complexity index is 383. The van der Waals surface area contributed by atoms with Crippen molar-refractivity contribution in [3.63, 3.8) is 0 Å². The van der Waals surface area contributed by atoms with Crippen LogP contribution in [0.4, 0.5) is 10.5 Å². The van der Waals surface area contributed by atoms with Crippen LogP contribution in [-0.4, -0.2) is 6.03 Å². The lowest BCUT2D eigenvalue weighted by atomic mass is 9.98. The average molecular weight is 192 g/mol. The molecule has 0 aromatic heterocycles. The first kappa shape index (κ1) is 10.6. The van der Waals surface area contributed by atoms with Gasteiger partial charge in [-0.15, -0.1) is 0 Å². The number of benzene rings is 1. The molecule has 1 aromatic rings. The summed E-state index contributed by atoms with van der Waals surface area (Å²) in [6, 6.07) is 1.53. The number of anilines is 1. The second kappa shape index (κ2) is 3.70.